The Kier molecular flexibility index (Phi) is 8.17. The fourth-order valence-electron chi connectivity index (χ4n) is 3.49. The molecule has 0 bridgehead atoms. The monoisotopic (exact) mass is 484 g/mol. The molecule has 2 aromatic carbocycles. The molecule has 1 fully saturated rings. The highest BCUT2D eigenvalue weighted by Crippen LogP contribution is 2.34. The zero-order chi connectivity index (χ0) is 24.0. The average molecular weight is 485 g/mol. The van der Waals surface area contributed by atoms with Crippen molar-refractivity contribution in [2.24, 2.45) is 0 Å². The fraction of sp³-hybridized carbons (Fsp3) is 0.364. The van der Waals surface area contributed by atoms with Gasteiger partial charge in [-0.05, 0) is 30.3 Å². The number of carbonyl (C=O) groups is 2. The van der Waals surface area contributed by atoms with Gasteiger partial charge in [0, 0.05) is 31.9 Å². The molecule has 1 aliphatic rings. The van der Waals surface area contributed by atoms with Crippen molar-refractivity contribution >= 4 is 34.8 Å². The molecule has 3 rings (SSSR count). The van der Waals surface area contributed by atoms with E-state index in [1.807, 2.05) is 9.80 Å². The third kappa shape index (κ3) is 7.08. The van der Waals surface area contributed by atoms with Crippen LogP contribution in [0.2, 0.25) is 5.02 Å². The van der Waals surface area contributed by atoms with Crippen LogP contribution in [0.15, 0.2) is 42.5 Å². The lowest BCUT2D eigenvalue weighted by Crippen LogP contribution is -2.50. The highest BCUT2D eigenvalue weighted by Gasteiger charge is 2.33. The van der Waals surface area contributed by atoms with Crippen LogP contribution in [0.1, 0.15) is 5.56 Å². The molecule has 0 spiro atoms. The Morgan fingerprint density at radius 3 is 2.09 bits per heavy atom. The third-order valence-corrected chi connectivity index (χ3v) is 5.44. The number of ether oxygens (including phenoxy) is 1. The van der Waals surface area contributed by atoms with Crippen molar-refractivity contribution in [2.45, 2.75) is 6.18 Å². The van der Waals surface area contributed by atoms with Gasteiger partial charge in [-0.15, -0.1) is 0 Å². The predicted octanol–water partition coefficient (Wildman–Crippen LogP) is 3.56. The zero-order valence-electron chi connectivity index (χ0n) is 17.9. The van der Waals surface area contributed by atoms with Gasteiger partial charge < -0.3 is 15.4 Å². The number of carbonyl (C=O) groups excluding carboxylic acids is 2. The van der Waals surface area contributed by atoms with Crippen molar-refractivity contribution in [1.29, 1.82) is 0 Å². The molecule has 2 N–H and O–H groups in total. The van der Waals surface area contributed by atoms with Gasteiger partial charge in [0.2, 0.25) is 11.8 Å². The molecule has 0 atom stereocenters. The molecule has 1 saturated heterocycles. The number of hydrogen-bond donors (Lipinski definition) is 2. The van der Waals surface area contributed by atoms with Gasteiger partial charge in [-0.1, -0.05) is 23.7 Å². The minimum absolute atomic E-state index is 0.0312. The van der Waals surface area contributed by atoms with Gasteiger partial charge >= 0.3 is 6.18 Å². The molecule has 2 amide bonds. The summed E-state index contributed by atoms with van der Waals surface area (Å²) in [7, 11) is 1.50. The van der Waals surface area contributed by atoms with E-state index in [1.165, 1.54) is 25.3 Å². The van der Waals surface area contributed by atoms with Gasteiger partial charge in [0.05, 0.1) is 36.5 Å². The van der Waals surface area contributed by atoms with Crippen molar-refractivity contribution in [3.8, 4) is 5.75 Å². The molecular formula is C22H24ClF3N4O3. The first kappa shape index (κ1) is 24.8. The predicted molar refractivity (Wildman–Crippen MR) is 120 cm³/mol. The van der Waals surface area contributed by atoms with E-state index in [0.29, 0.717) is 42.6 Å². The van der Waals surface area contributed by atoms with Gasteiger partial charge in [-0.2, -0.15) is 13.2 Å². The number of halogens is 4. The number of nitrogens with zero attached hydrogens (tertiary/aromatic N) is 2. The second kappa shape index (κ2) is 10.9. The molecule has 0 saturated carbocycles. The van der Waals surface area contributed by atoms with Gasteiger partial charge in [0.1, 0.15) is 5.75 Å². The standard InChI is InChI=1S/C22H24ClF3N4O3/c1-33-19-7-6-15(12-17(19)23)27-20(31)13-29-8-10-30(11-9-29)14-21(32)28-18-5-3-2-4-16(18)22(24,25)26/h2-7,12H,8-11,13-14H2,1H3,(H,27,31)(H,28,32). The Labute approximate surface area is 194 Å². The van der Waals surface area contributed by atoms with Gasteiger partial charge in [0.15, 0.2) is 0 Å². The molecule has 7 nitrogen and oxygen atoms in total. The highest BCUT2D eigenvalue weighted by molar-refractivity contribution is 6.32. The van der Waals surface area contributed by atoms with Crippen molar-refractivity contribution in [2.75, 3.05) is 57.0 Å². The SMILES string of the molecule is COc1ccc(NC(=O)CN2CCN(CC(=O)Nc3ccccc3C(F)(F)F)CC2)cc1Cl. The largest absolute Gasteiger partial charge is 0.495 e. The van der Waals surface area contributed by atoms with E-state index >= 15 is 0 Å². The summed E-state index contributed by atoms with van der Waals surface area (Å²) in [4.78, 5) is 28.4. The minimum atomic E-state index is -4.55. The Hall–Kier alpha value is -2.82. The number of para-hydroxylation sites is 1. The maximum Gasteiger partial charge on any atom is 0.418 e. The molecular weight excluding hydrogens is 461 g/mol. The molecule has 0 aromatic heterocycles. The first-order chi connectivity index (χ1) is 15.7. The molecule has 11 heteroatoms. The van der Waals surface area contributed by atoms with Gasteiger partial charge in [-0.25, -0.2) is 0 Å². The normalized spacial score (nSPS) is 15.2. The van der Waals surface area contributed by atoms with Crippen LogP contribution in [0.25, 0.3) is 0 Å². The molecule has 0 unspecified atom stereocenters. The zero-order valence-corrected chi connectivity index (χ0v) is 18.7. The quantitative estimate of drug-likeness (QED) is 0.628. The van der Waals surface area contributed by atoms with E-state index < -0.39 is 17.6 Å². The van der Waals surface area contributed by atoms with Crippen LogP contribution in [0.3, 0.4) is 0 Å². The number of hydrogen-bond acceptors (Lipinski definition) is 5. The van der Waals surface area contributed by atoms with Crippen molar-refractivity contribution in [3.63, 3.8) is 0 Å². The maximum absolute atomic E-state index is 13.1. The lowest BCUT2D eigenvalue weighted by molar-refractivity contribution is -0.137. The first-order valence-corrected chi connectivity index (χ1v) is 10.6. The average Bonchev–Trinajstić information content (AvgIpc) is 2.75. The number of nitrogens with one attached hydrogen (secondary N) is 2. The van der Waals surface area contributed by atoms with Crippen molar-refractivity contribution in [1.82, 2.24) is 9.80 Å². The Morgan fingerprint density at radius 1 is 0.970 bits per heavy atom. The van der Waals surface area contributed by atoms with E-state index in [9.17, 15) is 22.8 Å². The van der Waals surface area contributed by atoms with E-state index in [1.54, 1.807) is 18.2 Å². The van der Waals surface area contributed by atoms with E-state index in [0.717, 1.165) is 6.07 Å². The second-order valence-electron chi connectivity index (χ2n) is 7.54. The number of amides is 2. The van der Waals surface area contributed by atoms with E-state index in [2.05, 4.69) is 10.6 Å². The smallest absolute Gasteiger partial charge is 0.418 e. The Morgan fingerprint density at radius 2 is 1.55 bits per heavy atom. The lowest BCUT2D eigenvalue weighted by atomic mass is 10.1. The lowest BCUT2D eigenvalue weighted by Gasteiger charge is -2.33. The molecule has 0 aliphatic carbocycles. The van der Waals surface area contributed by atoms with E-state index in [-0.39, 0.29) is 24.7 Å². The molecule has 33 heavy (non-hydrogen) atoms. The van der Waals surface area contributed by atoms with Crippen LogP contribution in [0.4, 0.5) is 24.5 Å². The molecule has 1 heterocycles. The molecule has 0 radical (unpaired) electrons. The summed E-state index contributed by atoms with van der Waals surface area (Å²) in [6.45, 7) is 2.25. The number of anilines is 2. The first-order valence-electron chi connectivity index (χ1n) is 10.2. The van der Waals surface area contributed by atoms with Crippen molar-refractivity contribution in [3.05, 3.63) is 53.1 Å². The number of rotatable bonds is 7. The summed E-state index contributed by atoms with van der Waals surface area (Å²) < 4.78 is 44.3. The molecule has 2 aromatic rings. The minimum Gasteiger partial charge on any atom is -0.495 e. The summed E-state index contributed by atoms with van der Waals surface area (Å²) in [6.07, 6.45) is -4.55. The summed E-state index contributed by atoms with van der Waals surface area (Å²) in [5.41, 5.74) is -0.587. The number of benzene rings is 2. The van der Waals surface area contributed by atoms with Crippen LogP contribution in [-0.4, -0.2) is 68.0 Å². The summed E-state index contributed by atoms with van der Waals surface area (Å²) in [6, 6.07) is 9.83. The van der Waals surface area contributed by atoms with E-state index in [4.69, 9.17) is 16.3 Å². The van der Waals surface area contributed by atoms with Crippen LogP contribution < -0.4 is 15.4 Å². The van der Waals surface area contributed by atoms with Gasteiger partial charge in [-0.3, -0.25) is 19.4 Å². The molecule has 178 valence electrons. The summed E-state index contributed by atoms with van der Waals surface area (Å²) in [5.74, 6) is -0.211. The van der Waals surface area contributed by atoms with Crippen molar-refractivity contribution < 1.29 is 27.5 Å². The van der Waals surface area contributed by atoms with Crippen LogP contribution >= 0.6 is 11.6 Å². The topological polar surface area (TPSA) is 73.9 Å². The van der Waals surface area contributed by atoms with Crippen LogP contribution in [0, 0.1) is 0 Å². The summed E-state index contributed by atoms with van der Waals surface area (Å²) >= 11 is 6.06. The Balaban J connectivity index is 1.44. The van der Waals surface area contributed by atoms with Crippen LogP contribution in [0.5, 0.6) is 5.75 Å². The van der Waals surface area contributed by atoms with Gasteiger partial charge in [0.25, 0.3) is 0 Å². The fourth-order valence-corrected chi connectivity index (χ4v) is 3.74. The Bertz CT molecular complexity index is 995. The number of piperazine rings is 1. The maximum atomic E-state index is 13.1. The molecule has 1 aliphatic heterocycles. The number of methoxy groups -OCH3 is 1. The summed E-state index contributed by atoms with van der Waals surface area (Å²) in [5, 5.41) is 5.52. The third-order valence-electron chi connectivity index (χ3n) is 5.14. The number of alkyl halides is 3. The second-order valence-corrected chi connectivity index (χ2v) is 7.95. The highest BCUT2D eigenvalue weighted by atomic mass is 35.5. The van der Waals surface area contributed by atoms with Crippen LogP contribution in [-0.2, 0) is 15.8 Å².